The summed E-state index contributed by atoms with van der Waals surface area (Å²) in [5, 5.41) is 0. The third-order valence-electron chi connectivity index (χ3n) is 5.13. The third-order valence-corrected chi connectivity index (χ3v) is 5.13. The number of aliphatic imine (C=N–C) groups is 1. The average molecular weight is 342 g/mol. The molecule has 3 heteroatoms. The van der Waals surface area contributed by atoms with Gasteiger partial charge in [-0.2, -0.15) is 0 Å². The quantitative estimate of drug-likeness (QED) is 0.608. The number of hydrogen-bond donors (Lipinski definition) is 0. The van der Waals surface area contributed by atoms with Crippen molar-refractivity contribution in [3.8, 4) is 16.9 Å². The highest BCUT2D eigenvalue weighted by Crippen LogP contribution is 2.40. The van der Waals surface area contributed by atoms with Gasteiger partial charge in [0.1, 0.15) is 12.4 Å². The summed E-state index contributed by atoms with van der Waals surface area (Å²) in [5.41, 5.74) is 5.57. The van der Waals surface area contributed by atoms with Gasteiger partial charge in [-0.05, 0) is 36.2 Å². The van der Waals surface area contributed by atoms with Crippen LogP contribution in [-0.4, -0.2) is 10.7 Å². The van der Waals surface area contributed by atoms with Crippen molar-refractivity contribution in [2.75, 3.05) is 0 Å². The minimum Gasteiger partial charge on any atom is -0.489 e. The fourth-order valence-electron chi connectivity index (χ4n) is 3.16. The molecular formula is C23H22N2O. The Morgan fingerprint density at radius 3 is 2.54 bits per heavy atom. The lowest BCUT2D eigenvalue weighted by molar-refractivity contribution is 0.306. The molecule has 0 saturated heterocycles. The summed E-state index contributed by atoms with van der Waals surface area (Å²) in [4.78, 5) is 9.18. The van der Waals surface area contributed by atoms with Crippen LogP contribution in [0.25, 0.3) is 11.1 Å². The second-order valence-electron chi connectivity index (χ2n) is 7.22. The lowest BCUT2D eigenvalue weighted by atomic mass is 9.82. The molecule has 1 aliphatic heterocycles. The molecule has 4 rings (SSSR count). The van der Waals surface area contributed by atoms with Gasteiger partial charge in [0.15, 0.2) is 5.82 Å². The van der Waals surface area contributed by atoms with E-state index in [1.165, 1.54) is 5.56 Å². The Hall–Kier alpha value is -2.94. The Balaban J connectivity index is 1.59. The zero-order valence-corrected chi connectivity index (χ0v) is 15.4. The maximum atomic E-state index is 5.96. The van der Waals surface area contributed by atoms with Crippen LogP contribution in [0, 0.1) is 0 Å². The van der Waals surface area contributed by atoms with E-state index >= 15 is 0 Å². The van der Waals surface area contributed by atoms with Crippen molar-refractivity contribution in [3.05, 3.63) is 78.0 Å². The second kappa shape index (κ2) is 6.41. The highest BCUT2D eigenvalue weighted by atomic mass is 16.5. The summed E-state index contributed by atoms with van der Waals surface area (Å²) in [7, 11) is 0. The minimum atomic E-state index is -0.0697. The Morgan fingerprint density at radius 2 is 1.73 bits per heavy atom. The molecule has 0 unspecified atom stereocenters. The van der Waals surface area contributed by atoms with E-state index in [1.807, 2.05) is 36.5 Å². The van der Waals surface area contributed by atoms with Gasteiger partial charge in [-0.15, -0.1) is 0 Å². The van der Waals surface area contributed by atoms with Gasteiger partial charge in [0.05, 0.1) is 0 Å². The molecule has 26 heavy (non-hydrogen) atoms. The molecule has 3 aromatic rings. The van der Waals surface area contributed by atoms with E-state index in [1.54, 1.807) is 0 Å². The van der Waals surface area contributed by atoms with Crippen molar-refractivity contribution in [2.45, 2.75) is 32.8 Å². The summed E-state index contributed by atoms with van der Waals surface area (Å²) < 4.78 is 5.96. The van der Waals surface area contributed by atoms with E-state index in [-0.39, 0.29) is 5.41 Å². The molecule has 0 saturated carbocycles. The number of rotatable bonds is 4. The Labute approximate surface area is 154 Å². The molecule has 0 N–H and O–H groups in total. The molecule has 1 aromatic heterocycles. The molecule has 1 aliphatic rings. The molecule has 130 valence electrons. The molecule has 0 atom stereocenters. The van der Waals surface area contributed by atoms with Crippen LogP contribution >= 0.6 is 0 Å². The van der Waals surface area contributed by atoms with Gasteiger partial charge in [0.25, 0.3) is 0 Å². The van der Waals surface area contributed by atoms with Gasteiger partial charge in [0, 0.05) is 28.5 Å². The van der Waals surface area contributed by atoms with Crippen LogP contribution in [0.5, 0.6) is 5.75 Å². The van der Waals surface area contributed by atoms with Gasteiger partial charge < -0.3 is 4.74 Å². The number of fused-ring (bicyclic) bond motifs is 1. The zero-order valence-electron chi connectivity index (χ0n) is 15.4. The van der Waals surface area contributed by atoms with E-state index in [4.69, 9.17) is 4.74 Å². The standard InChI is InChI=1S/C23H22N2O/c1-16-23(2,3)21-13-19(14-24-22(21)25-16)18-10-7-11-20(12-18)26-15-17-8-5-4-6-9-17/h4-14H,15H2,1-3H3. The lowest BCUT2D eigenvalue weighted by Crippen LogP contribution is -2.22. The van der Waals surface area contributed by atoms with Crippen molar-refractivity contribution in [1.29, 1.82) is 0 Å². The predicted molar refractivity (Wildman–Crippen MR) is 106 cm³/mol. The molecule has 2 heterocycles. The first-order valence-electron chi connectivity index (χ1n) is 8.87. The van der Waals surface area contributed by atoms with Crippen molar-refractivity contribution >= 4 is 11.5 Å². The van der Waals surface area contributed by atoms with Crippen LogP contribution in [0.2, 0.25) is 0 Å². The second-order valence-corrected chi connectivity index (χ2v) is 7.22. The summed E-state index contributed by atoms with van der Waals surface area (Å²) in [6, 6.07) is 20.6. The van der Waals surface area contributed by atoms with Gasteiger partial charge in [-0.1, -0.05) is 56.3 Å². The predicted octanol–water partition coefficient (Wildman–Crippen LogP) is 5.71. The van der Waals surface area contributed by atoms with Crippen LogP contribution in [0.4, 0.5) is 5.82 Å². The highest BCUT2D eigenvalue weighted by molar-refractivity contribution is 5.99. The summed E-state index contributed by atoms with van der Waals surface area (Å²) in [6.07, 6.45) is 1.90. The van der Waals surface area contributed by atoms with Crippen LogP contribution in [0.15, 0.2) is 71.9 Å². The van der Waals surface area contributed by atoms with Crippen molar-refractivity contribution in [2.24, 2.45) is 4.99 Å². The molecule has 0 fully saturated rings. The molecule has 0 amide bonds. The largest absolute Gasteiger partial charge is 0.489 e. The van der Waals surface area contributed by atoms with Crippen molar-refractivity contribution < 1.29 is 4.74 Å². The number of hydrogen-bond acceptors (Lipinski definition) is 3. The zero-order chi connectivity index (χ0) is 18.1. The van der Waals surface area contributed by atoms with Gasteiger partial charge >= 0.3 is 0 Å². The molecule has 0 spiro atoms. The number of benzene rings is 2. The maximum absolute atomic E-state index is 5.96. The first-order chi connectivity index (χ1) is 12.5. The van der Waals surface area contributed by atoms with E-state index in [0.29, 0.717) is 6.61 Å². The van der Waals surface area contributed by atoms with Gasteiger partial charge in [-0.25, -0.2) is 9.98 Å². The van der Waals surface area contributed by atoms with E-state index in [9.17, 15) is 0 Å². The fraction of sp³-hybridized carbons (Fsp3) is 0.217. The van der Waals surface area contributed by atoms with Crippen LogP contribution < -0.4 is 4.74 Å². The number of aromatic nitrogens is 1. The highest BCUT2D eigenvalue weighted by Gasteiger charge is 2.33. The van der Waals surface area contributed by atoms with E-state index < -0.39 is 0 Å². The Bertz CT molecular complexity index is 975. The number of nitrogens with zero attached hydrogens (tertiary/aromatic N) is 2. The monoisotopic (exact) mass is 342 g/mol. The average Bonchev–Trinajstić information content (AvgIpc) is 2.90. The lowest BCUT2D eigenvalue weighted by Gasteiger charge is -2.20. The molecule has 0 bridgehead atoms. The Kier molecular flexibility index (Phi) is 4.08. The summed E-state index contributed by atoms with van der Waals surface area (Å²) >= 11 is 0. The van der Waals surface area contributed by atoms with E-state index in [0.717, 1.165) is 34.0 Å². The number of ether oxygens (including phenoxy) is 1. The molecule has 0 aliphatic carbocycles. The SMILES string of the molecule is CC1=Nc2ncc(-c3cccc(OCc4ccccc4)c3)cc2C1(C)C. The molecule has 2 aromatic carbocycles. The topological polar surface area (TPSA) is 34.5 Å². The van der Waals surface area contributed by atoms with Crippen molar-refractivity contribution in [1.82, 2.24) is 4.98 Å². The first-order valence-corrected chi connectivity index (χ1v) is 8.87. The molecule has 0 radical (unpaired) electrons. The van der Waals surface area contributed by atoms with Gasteiger partial charge in [0.2, 0.25) is 0 Å². The smallest absolute Gasteiger partial charge is 0.155 e. The van der Waals surface area contributed by atoms with E-state index in [2.05, 4.69) is 61.1 Å². The number of pyridine rings is 1. The minimum absolute atomic E-state index is 0.0697. The summed E-state index contributed by atoms with van der Waals surface area (Å²) in [5.74, 6) is 1.70. The normalized spacial score (nSPS) is 14.7. The molecule has 3 nitrogen and oxygen atoms in total. The van der Waals surface area contributed by atoms with Crippen LogP contribution in [0.3, 0.4) is 0 Å². The molecular weight excluding hydrogens is 320 g/mol. The maximum Gasteiger partial charge on any atom is 0.155 e. The van der Waals surface area contributed by atoms with Crippen LogP contribution in [0.1, 0.15) is 31.9 Å². The third kappa shape index (κ3) is 3.01. The van der Waals surface area contributed by atoms with Crippen LogP contribution in [-0.2, 0) is 12.0 Å². The summed E-state index contributed by atoms with van der Waals surface area (Å²) in [6.45, 7) is 7.03. The van der Waals surface area contributed by atoms with Gasteiger partial charge in [-0.3, -0.25) is 0 Å². The first kappa shape index (κ1) is 16.5. The van der Waals surface area contributed by atoms with Crippen molar-refractivity contribution in [3.63, 3.8) is 0 Å². The fourth-order valence-corrected chi connectivity index (χ4v) is 3.16. The Morgan fingerprint density at radius 1 is 0.923 bits per heavy atom.